The predicted octanol–water partition coefficient (Wildman–Crippen LogP) is 2.17. The van der Waals surface area contributed by atoms with E-state index in [0.717, 1.165) is 42.0 Å². The summed E-state index contributed by atoms with van der Waals surface area (Å²) in [7, 11) is 2.02. The van der Waals surface area contributed by atoms with Crippen molar-refractivity contribution in [2.24, 2.45) is 28.5 Å². The number of phenols is 1. The molecular weight excluding hydrogens is 514 g/mol. The Balaban J connectivity index is 1.41. The Bertz CT molecular complexity index is 1510. The van der Waals surface area contributed by atoms with Crippen LogP contribution in [0.1, 0.15) is 41.6 Å². The molecule has 6 N–H and O–H groups in total. The van der Waals surface area contributed by atoms with Crippen LogP contribution in [0.15, 0.2) is 52.7 Å². The summed E-state index contributed by atoms with van der Waals surface area (Å²) in [4.78, 5) is 45.7. The van der Waals surface area contributed by atoms with Crippen molar-refractivity contribution < 1.29 is 34.8 Å². The third kappa shape index (κ3) is 3.77. The fourth-order valence-electron chi connectivity index (χ4n) is 7.00. The number of fused-ring (bicyclic) bond motifs is 3. The number of amides is 1. The number of aromatic hydroxyl groups is 1. The average Bonchev–Trinajstić information content (AvgIpc) is 3.30. The van der Waals surface area contributed by atoms with E-state index in [0.29, 0.717) is 5.56 Å². The zero-order valence-electron chi connectivity index (χ0n) is 22.0. The number of carbonyl (C=O) groups excluding carboxylic acids is 3. The van der Waals surface area contributed by atoms with Gasteiger partial charge in [-0.3, -0.25) is 14.4 Å². The van der Waals surface area contributed by atoms with Crippen LogP contribution in [-0.2, 0) is 16.0 Å². The Hall–Kier alpha value is -4.02. The molecule has 2 aromatic carbocycles. The molecule has 1 saturated carbocycles. The van der Waals surface area contributed by atoms with Crippen LogP contribution in [0.5, 0.6) is 5.75 Å². The predicted molar refractivity (Wildman–Crippen MR) is 145 cm³/mol. The van der Waals surface area contributed by atoms with Gasteiger partial charge in [0.1, 0.15) is 23.3 Å². The maximum absolute atomic E-state index is 13.8. The lowest BCUT2D eigenvalue weighted by molar-refractivity contribution is -0.167. The number of likely N-dealkylation sites (tertiary alicyclic amines) is 1. The molecule has 2 fully saturated rings. The van der Waals surface area contributed by atoms with Gasteiger partial charge < -0.3 is 31.1 Å². The molecule has 1 amide bonds. The number of amidine groups is 1. The molecule has 4 aliphatic rings. The first-order valence-corrected chi connectivity index (χ1v) is 13.5. The molecule has 0 spiro atoms. The number of benzene rings is 2. The molecule has 6 rings (SSSR count). The van der Waals surface area contributed by atoms with E-state index in [1.165, 1.54) is 6.07 Å². The van der Waals surface area contributed by atoms with Gasteiger partial charge in [-0.1, -0.05) is 18.2 Å². The van der Waals surface area contributed by atoms with Crippen LogP contribution in [0.4, 0.5) is 5.69 Å². The number of phenolic OH excluding ortho intramolecular Hbond substituents is 1. The number of allylic oxidation sites excluding steroid dienone is 1. The highest BCUT2D eigenvalue weighted by molar-refractivity contribution is 6.16. The monoisotopic (exact) mass is 545 g/mol. The van der Waals surface area contributed by atoms with Gasteiger partial charge in [0.15, 0.2) is 17.2 Å². The number of nitrogens with two attached hydrogens (primary N) is 1. The second-order valence-electron chi connectivity index (χ2n) is 11.3. The highest BCUT2D eigenvalue weighted by atomic mass is 16.3. The van der Waals surface area contributed by atoms with Crippen LogP contribution in [0, 0.1) is 17.8 Å². The van der Waals surface area contributed by atoms with E-state index in [1.54, 1.807) is 6.07 Å². The molecule has 3 aliphatic carbocycles. The highest BCUT2D eigenvalue weighted by Crippen LogP contribution is 2.52. The lowest BCUT2D eigenvalue weighted by Crippen LogP contribution is -2.63. The molecular formula is C30H31N3O7. The third-order valence-corrected chi connectivity index (χ3v) is 9.04. The summed E-state index contributed by atoms with van der Waals surface area (Å²) in [5, 5.41) is 43.8. The van der Waals surface area contributed by atoms with Crippen molar-refractivity contribution in [2.45, 2.75) is 43.8 Å². The number of Topliss-reactive ketones (excluding diaryl/α,β-unsaturated/α-hetero) is 2. The number of nitrogens with zero attached hydrogens (tertiary/aromatic N) is 2. The first kappa shape index (κ1) is 26.2. The lowest BCUT2D eigenvalue weighted by atomic mass is 9.57. The van der Waals surface area contributed by atoms with Gasteiger partial charge in [0.05, 0.1) is 17.4 Å². The number of aliphatic hydroxyl groups excluding tert-OH is 2. The number of ketones is 2. The minimum Gasteiger partial charge on any atom is -0.508 e. The molecule has 1 aliphatic heterocycles. The van der Waals surface area contributed by atoms with Gasteiger partial charge in [0.2, 0.25) is 5.91 Å². The van der Waals surface area contributed by atoms with E-state index in [4.69, 9.17) is 10.7 Å². The van der Waals surface area contributed by atoms with Crippen molar-refractivity contribution >= 4 is 29.0 Å². The quantitative estimate of drug-likeness (QED) is 0.365. The number of hydrogen-bond acceptors (Lipinski definition) is 8. The Morgan fingerprint density at radius 2 is 1.82 bits per heavy atom. The maximum Gasteiger partial charge on any atom is 0.230 e. The normalized spacial score (nSPS) is 30.8. The van der Waals surface area contributed by atoms with Crippen molar-refractivity contribution in [2.75, 3.05) is 13.6 Å². The van der Waals surface area contributed by atoms with Crippen LogP contribution in [0.3, 0.4) is 0 Å². The molecule has 40 heavy (non-hydrogen) atoms. The Kier molecular flexibility index (Phi) is 6.08. The van der Waals surface area contributed by atoms with E-state index in [2.05, 4.69) is 4.90 Å². The van der Waals surface area contributed by atoms with Gasteiger partial charge >= 0.3 is 0 Å². The van der Waals surface area contributed by atoms with E-state index in [9.17, 15) is 34.8 Å². The number of aliphatic hydroxyl groups is 3. The molecule has 5 atom stereocenters. The summed E-state index contributed by atoms with van der Waals surface area (Å²) in [6.07, 6.45) is 0.839. The Morgan fingerprint density at radius 3 is 2.48 bits per heavy atom. The van der Waals surface area contributed by atoms with Crippen LogP contribution >= 0.6 is 0 Å². The SMILES string of the molecule is CN1CCCC1=Nc1ccc(-c2ccc(O)c3c2C[C@H]2C[C@H]4CC(O)C(C(N)=O)C(=O)[C@@]4(O)C(O)=C2C3=O)cc1. The first-order valence-electron chi connectivity index (χ1n) is 13.5. The molecule has 0 aromatic heterocycles. The van der Waals surface area contributed by atoms with E-state index in [1.807, 2.05) is 31.3 Å². The number of primary amides is 1. The van der Waals surface area contributed by atoms with Crippen LogP contribution in [0.25, 0.3) is 11.1 Å². The maximum atomic E-state index is 13.8. The van der Waals surface area contributed by atoms with E-state index in [-0.39, 0.29) is 36.1 Å². The largest absolute Gasteiger partial charge is 0.508 e. The summed E-state index contributed by atoms with van der Waals surface area (Å²) in [5.74, 6) is -6.16. The third-order valence-electron chi connectivity index (χ3n) is 9.04. The molecule has 2 aromatic rings. The fourth-order valence-corrected chi connectivity index (χ4v) is 7.00. The molecule has 0 bridgehead atoms. The average molecular weight is 546 g/mol. The minimum absolute atomic E-state index is 0.00370. The van der Waals surface area contributed by atoms with Crippen LogP contribution in [-0.4, -0.2) is 73.9 Å². The smallest absolute Gasteiger partial charge is 0.230 e. The van der Waals surface area contributed by atoms with Gasteiger partial charge in [-0.25, -0.2) is 4.99 Å². The number of aliphatic imine (C=N–C) groups is 1. The molecule has 1 saturated heterocycles. The molecule has 0 radical (unpaired) electrons. The van der Waals surface area contributed by atoms with Gasteiger partial charge in [0.25, 0.3) is 0 Å². The van der Waals surface area contributed by atoms with Gasteiger partial charge in [0, 0.05) is 31.5 Å². The number of hydrogen-bond donors (Lipinski definition) is 5. The summed E-state index contributed by atoms with van der Waals surface area (Å²) < 4.78 is 0. The second kappa shape index (κ2) is 9.28. The highest BCUT2D eigenvalue weighted by Gasteiger charge is 2.62. The van der Waals surface area contributed by atoms with Crippen molar-refractivity contribution in [1.29, 1.82) is 0 Å². The van der Waals surface area contributed by atoms with E-state index < -0.39 is 52.7 Å². The molecule has 10 heteroatoms. The molecule has 10 nitrogen and oxygen atoms in total. The van der Waals surface area contributed by atoms with Crippen molar-refractivity contribution in [3.8, 4) is 16.9 Å². The standard InChI is InChI=1S/C30H31N3O7/c1-33-10-2-3-22(33)32-17-6-4-14(5-7-17)18-8-9-20(34)24-19(18)12-15-11-16-13-21(35)25(29(31)39)28(38)30(16,40)27(37)23(15)26(24)36/h4-9,15-16,21,25,34-35,37,40H,2-3,10-13H2,1H3,(H2,31,39)/t15-,16+,21?,25?,30+/m1/s1. The van der Waals surface area contributed by atoms with Crippen molar-refractivity contribution in [3.63, 3.8) is 0 Å². The number of rotatable bonds is 3. The van der Waals surface area contributed by atoms with Crippen molar-refractivity contribution in [3.05, 3.63) is 58.9 Å². The number of carbonyl (C=O) groups is 3. The summed E-state index contributed by atoms with van der Waals surface area (Å²) in [5.41, 5.74) is 5.62. The van der Waals surface area contributed by atoms with Gasteiger partial charge in [-0.2, -0.15) is 0 Å². The Morgan fingerprint density at radius 1 is 1.10 bits per heavy atom. The topological polar surface area (TPSA) is 174 Å². The lowest BCUT2D eigenvalue weighted by Gasteiger charge is -2.48. The first-order chi connectivity index (χ1) is 19.0. The fraction of sp³-hybridized carbons (Fsp3) is 0.400. The van der Waals surface area contributed by atoms with Gasteiger partial charge in [-0.05, 0) is 66.5 Å². The van der Waals surface area contributed by atoms with Gasteiger partial charge in [-0.15, -0.1) is 0 Å². The zero-order valence-corrected chi connectivity index (χ0v) is 22.0. The summed E-state index contributed by atoms with van der Waals surface area (Å²) >= 11 is 0. The second-order valence-corrected chi connectivity index (χ2v) is 11.3. The summed E-state index contributed by atoms with van der Waals surface area (Å²) in [6, 6.07) is 10.8. The molecule has 1 heterocycles. The molecule has 208 valence electrons. The summed E-state index contributed by atoms with van der Waals surface area (Å²) in [6.45, 7) is 0.981. The molecule has 2 unspecified atom stereocenters. The minimum atomic E-state index is -2.52. The van der Waals surface area contributed by atoms with Crippen molar-refractivity contribution in [1.82, 2.24) is 4.90 Å². The van der Waals surface area contributed by atoms with E-state index >= 15 is 0 Å². The zero-order chi connectivity index (χ0) is 28.5. The van der Waals surface area contributed by atoms with Crippen LogP contribution in [0.2, 0.25) is 0 Å². The van der Waals surface area contributed by atoms with Crippen LogP contribution < -0.4 is 5.73 Å². The Labute approximate surface area is 230 Å².